The highest BCUT2D eigenvalue weighted by molar-refractivity contribution is 5.90. The smallest absolute Gasteiger partial charge is 0.246 e. The van der Waals surface area contributed by atoms with Gasteiger partial charge in [-0.05, 0) is 19.3 Å². The predicted octanol–water partition coefficient (Wildman–Crippen LogP) is -0.764. The third kappa shape index (κ3) is 4.19. The number of aromatic nitrogens is 2. The van der Waals surface area contributed by atoms with E-state index in [1.807, 2.05) is 24.3 Å². The molecule has 2 N–H and O–H groups in total. The maximum absolute atomic E-state index is 13.2. The molecule has 9 nitrogen and oxygen atoms in total. The van der Waals surface area contributed by atoms with Gasteiger partial charge in [-0.1, -0.05) is 0 Å². The minimum Gasteiger partial charge on any atom is -0.352 e. The van der Waals surface area contributed by atoms with Gasteiger partial charge in [0.2, 0.25) is 17.7 Å². The fourth-order valence-corrected chi connectivity index (χ4v) is 4.34. The van der Waals surface area contributed by atoms with Crippen LogP contribution in [-0.2, 0) is 28.0 Å². The Bertz CT molecular complexity index is 773. The third-order valence-electron chi connectivity index (χ3n) is 5.74. The van der Waals surface area contributed by atoms with Gasteiger partial charge in [0.1, 0.15) is 6.04 Å². The SMILES string of the molecule is CC(=O)N[C@H]1C[C@H]2CN(Cc3cnn(C)c3)C[C@H](NC(=O)C3CC3)C(=O)N2C1. The third-order valence-corrected chi connectivity index (χ3v) is 5.74. The summed E-state index contributed by atoms with van der Waals surface area (Å²) in [6.45, 7) is 3.88. The molecule has 152 valence electrons. The Hall–Kier alpha value is -2.42. The molecule has 2 aliphatic heterocycles. The minimum absolute atomic E-state index is 0.0178. The van der Waals surface area contributed by atoms with Crippen molar-refractivity contribution in [1.29, 1.82) is 0 Å². The second kappa shape index (κ2) is 7.54. The quantitative estimate of drug-likeness (QED) is 0.691. The second-order valence-electron chi connectivity index (χ2n) is 8.33. The Morgan fingerprint density at radius 2 is 2.00 bits per heavy atom. The van der Waals surface area contributed by atoms with Gasteiger partial charge in [0.05, 0.1) is 6.20 Å². The highest BCUT2D eigenvalue weighted by Crippen LogP contribution is 2.30. The summed E-state index contributed by atoms with van der Waals surface area (Å²) in [7, 11) is 1.88. The molecule has 9 heteroatoms. The van der Waals surface area contributed by atoms with E-state index in [9.17, 15) is 14.4 Å². The van der Waals surface area contributed by atoms with Gasteiger partial charge in [-0.15, -0.1) is 0 Å². The van der Waals surface area contributed by atoms with Crippen LogP contribution in [0.25, 0.3) is 0 Å². The first-order valence-electron chi connectivity index (χ1n) is 9.97. The number of fused-ring (bicyclic) bond motifs is 1. The maximum atomic E-state index is 13.2. The molecule has 2 saturated heterocycles. The van der Waals surface area contributed by atoms with Crippen molar-refractivity contribution >= 4 is 17.7 Å². The van der Waals surface area contributed by atoms with Gasteiger partial charge in [-0.25, -0.2) is 0 Å². The Morgan fingerprint density at radius 3 is 2.64 bits per heavy atom. The number of carbonyl (C=O) groups is 3. The molecule has 1 aromatic rings. The van der Waals surface area contributed by atoms with Crippen LogP contribution in [0.3, 0.4) is 0 Å². The van der Waals surface area contributed by atoms with Crippen molar-refractivity contribution in [3.8, 4) is 0 Å². The van der Waals surface area contributed by atoms with E-state index in [2.05, 4.69) is 20.6 Å². The zero-order valence-electron chi connectivity index (χ0n) is 16.4. The van der Waals surface area contributed by atoms with E-state index in [4.69, 9.17) is 0 Å². The normalized spacial score (nSPS) is 28.0. The molecule has 0 radical (unpaired) electrons. The van der Waals surface area contributed by atoms with E-state index in [1.54, 1.807) is 4.68 Å². The summed E-state index contributed by atoms with van der Waals surface area (Å²) in [5.74, 6) is -0.0819. The molecule has 0 bridgehead atoms. The van der Waals surface area contributed by atoms with Crippen LogP contribution < -0.4 is 10.6 Å². The van der Waals surface area contributed by atoms with Gasteiger partial charge in [0, 0.05) is 69.9 Å². The molecule has 1 saturated carbocycles. The Labute approximate surface area is 164 Å². The van der Waals surface area contributed by atoms with Crippen molar-refractivity contribution < 1.29 is 14.4 Å². The topological polar surface area (TPSA) is 99.6 Å². The highest BCUT2D eigenvalue weighted by atomic mass is 16.2. The summed E-state index contributed by atoms with van der Waals surface area (Å²) in [5.41, 5.74) is 1.08. The van der Waals surface area contributed by atoms with Gasteiger partial charge in [-0.2, -0.15) is 5.10 Å². The Balaban J connectivity index is 1.51. The van der Waals surface area contributed by atoms with Crippen LogP contribution in [0.2, 0.25) is 0 Å². The summed E-state index contributed by atoms with van der Waals surface area (Å²) in [5, 5.41) is 10.1. The molecular weight excluding hydrogens is 360 g/mol. The van der Waals surface area contributed by atoms with Crippen molar-refractivity contribution in [2.75, 3.05) is 19.6 Å². The van der Waals surface area contributed by atoms with Crippen LogP contribution >= 0.6 is 0 Å². The number of amides is 3. The lowest BCUT2D eigenvalue weighted by atomic mass is 10.1. The number of rotatable bonds is 5. The summed E-state index contributed by atoms with van der Waals surface area (Å²) >= 11 is 0. The number of aryl methyl sites for hydroxylation is 1. The number of nitrogens with one attached hydrogen (secondary N) is 2. The maximum Gasteiger partial charge on any atom is 0.246 e. The molecule has 1 aliphatic carbocycles. The second-order valence-corrected chi connectivity index (χ2v) is 8.33. The molecule has 1 aromatic heterocycles. The first-order valence-corrected chi connectivity index (χ1v) is 9.97. The van der Waals surface area contributed by atoms with Gasteiger partial charge in [-0.3, -0.25) is 24.0 Å². The van der Waals surface area contributed by atoms with Crippen LogP contribution in [0.15, 0.2) is 12.4 Å². The number of hydrogen-bond acceptors (Lipinski definition) is 5. The predicted molar refractivity (Wildman–Crippen MR) is 101 cm³/mol. The van der Waals surface area contributed by atoms with Crippen molar-refractivity contribution in [2.45, 2.75) is 50.9 Å². The number of carbonyl (C=O) groups excluding carboxylic acids is 3. The van der Waals surface area contributed by atoms with Crippen LogP contribution in [0.5, 0.6) is 0 Å². The van der Waals surface area contributed by atoms with Gasteiger partial charge >= 0.3 is 0 Å². The Morgan fingerprint density at radius 1 is 1.21 bits per heavy atom. The average molecular weight is 388 g/mol. The van der Waals surface area contributed by atoms with Crippen molar-refractivity contribution in [3.63, 3.8) is 0 Å². The molecule has 3 amide bonds. The van der Waals surface area contributed by atoms with E-state index >= 15 is 0 Å². The molecule has 0 spiro atoms. The molecule has 0 aromatic carbocycles. The minimum atomic E-state index is -0.550. The van der Waals surface area contributed by atoms with E-state index in [0.717, 1.165) is 24.8 Å². The lowest BCUT2D eigenvalue weighted by Crippen LogP contribution is -2.52. The van der Waals surface area contributed by atoms with Gasteiger partial charge in [0.15, 0.2) is 0 Å². The van der Waals surface area contributed by atoms with Crippen LogP contribution in [-0.4, -0.2) is 75.1 Å². The first kappa shape index (κ1) is 18.9. The van der Waals surface area contributed by atoms with E-state index in [1.165, 1.54) is 6.92 Å². The first-order chi connectivity index (χ1) is 13.4. The van der Waals surface area contributed by atoms with Crippen LogP contribution in [0, 0.1) is 5.92 Å². The molecule has 0 unspecified atom stereocenters. The molecular formula is C19H28N6O3. The molecule has 3 heterocycles. The molecule has 28 heavy (non-hydrogen) atoms. The lowest BCUT2D eigenvalue weighted by molar-refractivity contribution is -0.136. The monoisotopic (exact) mass is 388 g/mol. The van der Waals surface area contributed by atoms with E-state index in [0.29, 0.717) is 26.2 Å². The van der Waals surface area contributed by atoms with E-state index < -0.39 is 6.04 Å². The summed E-state index contributed by atoms with van der Waals surface area (Å²) in [6, 6.07) is -0.556. The van der Waals surface area contributed by atoms with Crippen LogP contribution in [0.1, 0.15) is 31.7 Å². The zero-order valence-corrected chi connectivity index (χ0v) is 16.4. The molecule has 4 rings (SSSR count). The van der Waals surface area contributed by atoms with Crippen molar-refractivity contribution in [1.82, 2.24) is 30.2 Å². The summed E-state index contributed by atoms with van der Waals surface area (Å²) < 4.78 is 1.76. The lowest BCUT2D eigenvalue weighted by Gasteiger charge is -2.24. The van der Waals surface area contributed by atoms with Gasteiger partial charge < -0.3 is 15.5 Å². The average Bonchev–Trinajstić information content (AvgIpc) is 3.31. The largest absolute Gasteiger partial charge is 0.352 e. The fraction of sp³-hybridized carbons (Fsp3) is 0.684. The molecule has 3 atom stereocenters. The van der Waals surface area contributed by atoms with Crippen molar-refractivity contribution in [3.05, 3.63) is 18.0 Å². The summed E-state index contributed by atoms with van der Waals surface area (Å²) in [6.07, 6.45) is 6.35. The number of nitrogens with zero attached hydrogens (tertiary/aromatic N) is 4. The summed E-state index contributed by atoms with van der Waals surface area (Å²) in [4.78, 5) is 41.1. The van der Waals surface area contributed by atoms with Crippen LogP contribution in [0.4, 0.5) is 0 Å². The van der Waals surface area contributed by atoms with Gasteiger partial charge in [0.25, 0.3) is 0 Å². The fourth-order valence-electron chi connectivity index (χ4n) is 4.34. The van der Waals surface area contributed by atoms with Crippen molar-refractivity contribution in [2.24, 2.45) is 13.0 Å². The highest BCUT2D eigenvalue weighted by Gasteiger charge is 2.43. The molecule has 3 fully saturated rings. The van der Waals surface area contributed by atoms with E-state index in [-0.39, 0.29) is 35.7 Å². The molecule has 3 aliphatic rings. The number of hydrogen-bond donors (Lipinski definition) is 2. The zero-order chi connectivity index (χ0) is 19.8. The standard InChI is InChI=1S/C19H28N6O3/c1-12(26)21-15-5-16-10-24(8-13-6-20-23(2)7-13)11-17(19(28)25(16)9-15)22-18(27)14-3-4-14/h6-7,14-17H,3-5,8-11H2,1-2H3,(H,21,26)(H,22,27)/t15-,16-,17-/m0/s1. The Kier molecular flexibility index (Phi) is 5.09.